The molecule has 0 fully saturated rings. The maximum absolute atomic E-state index is 12.7. The van der Waals surface area contributed by atoms with Crippen LogP contribution in [0.1, 0.15) is 38.8 Å². The van der Waals surface area contributed by atoms with Gasteiger partial charge in [0.2, 0.25) is 5.95 Å². The van der Waals surface area contributed by atoms with Gasteiger partial charge in [-0.15, -0.1) is 0 Å². The number of nitrogens with one attached hydrogen (secondary N) is 1. The first-order valence-electron chi connectivity index (χ1n) is 5.86. The molecule has 0 saturated heterocycles. The van der Waals surface area contributed by atoms with Crippen LogP contribution >= 0.6 is 0 Å². The fourth-order valence-electron chi connectivity index (χ4n) is 1.42. The minimum Gasteiger partial charge on any atom is -0.444 e. The Bertz CT molecular complexity index is 440. The van der Waals surface area contributed by atoms with E-state index in [0.717, 1.165) is 0 Å². The summed E-state index contributed by atoms with van der Waals surface area (Å²) in [7, 11) is 0. The van der Waals surface area contributed by atoms with Gasteiger partial charge in [-0.2, -0.15) is 4.39 Å². The van der Waals surface area contributed by atoms with Gasteiger partial charge in [-0.3, -0.25) is 0 Å². The third-order valence-electron chi connectivity index (χ3n) is 2.18. The Balaban J connectivity index is 2.75. The molecule has 0 unspecified atom stereocenters. The van der Waals surface area contributed by atoms with E-state index in [-0.39, 0.29) is 6.42 Å². The highest BCUT2D eigenvalue weighted by molar-refractivity contribution is 5.69. The van der Waals surface area contributed by atoms with Crippen LogP contribution in [-0.4, -0.2) is 23.0 Å². The summed E-state index contributed by atoms with van der Waals surface area (Å²) in [4.78, 5) is 25.8. The van der Waals surface area contributed by atoms with Crippen LogP contribution in [0.3, 0.4) is 0 Å². The third kappa shape index (κ3) is 5.46. The smallest absolute Gasteiger partial charge is 0.408 e. The first kappa shape index (κ1) is 15.1. The predicted molar refractivity (Wildman–Crippen MR) is 67.0 cm³/mol. The average molecular weight is 268 g/mol. The molecule has 0 radical (unpaired) electrons. The molecule has 0 aliphatic rings. The van der Waals surface area contributed by atoms with Crippen molar-refractivity contribution in [2.45, 2.75) is 38.8 Å². The number of alkyl carbamates (subject to hydrolysis) is 1. The molecule has 0 aliphatic heterocycles. The summed E-state index contributed by atoms with van der Waals surface area (Å²) in [5.41, 5.74) is -0.0870. The maximum Gasteiger partial charge on any atom is 0.408 e. The number of amides is 1. The fourth-order valence-corrected chi connectivity index (χ4v) is 1.42. The molecule has 1 N–H and O–H groups in total. The quantitative estimate of drug-likeness (QED) is 0.672. The van der Waals surface area contributed by atoms with Crippen molar-refractivity contribution in [3.63, 3.8) is 0 Å². The number of carbonyl (C=O) groups is 2. The van der Waals surface area contributed by atoms with Gasteiger partial charge in [0.1, 0.15) is 11.9 Å². The molecular formula is C13H17FN2O3. The van der Waals surface area contributed by atoms with Crippen LogP contribution in [0.25, 0.3) is 0 Å². The Hall–Kier alpha value is -1.98. The number of ether oxygens (including phenoxy) is 1. The molecule has 0 spiro atoms. The maximum atomic E-state index is 12.7. The summed E-state index contributed by atoms with van der Waals surface area (Å²) in [6.07, 6.45) is 1.38. The van der Waals surface area contributed by atoms with Crippen molar-refractivity contribution in [2.75, 3.05) is 0 Å². The molecule has 104 valence electrons. The summed E-state index contributed by atoms with van der Waals surface area (Å²) in [5.74, 6) is -0.620. The predicted octanol–water partition coefficient (Wildman–Crippen LogP) is 2.38. The summed E-state index contributed by atoms with van der Waals surface area (Å²) in [6, 6.07) is 2.05. The zero-order chi connectivity index (χ0) is 14.5. The lowest BCUT2D eigenvalue weighted by Crippen LogP contribution is -2.35. The summed E-state index contributed by atoms with van der Waals surface area (Å²) in [5, 5.41) is 2.56. The second-order valence-corrected chi connectivity index (χ2v) is 5.02. The van der Waals surface area contributed by atoms with Gasteiger partial charge < -0.3 is 14.8 Å². The number of hydrogen-bond donors (Lipinski definition) is 1. The van der Waals surface area contributed by atoms with Gasteiger partial charge in [-0.05, 0) is 32.4 Å². The molecule has 5 nitrogen and oxygen atoms in total. The number of hydrogen-bond acceptors (Lipinski definition) is 4. The van der Waals surface area contributed by atoms with Gasteiger partial charge in [0, 0.05) is 12.6 Å². The van der Waals surface area contributed by atoms with Gasteiger partial charge in [0.15, 0.2) is 0 Å². The first-order valence-corrected chi connectivity index (χ1v) is 5.86. The second kappa shape index (κ2) is 6.26. The van der Waals surface area contributed by atoms with E-state index in [2.05, 4.69) is 10.3 Å². The zero-order valence-corrected chi connectivity index (χ0v) is 11.1. The molecular weight excluding hydrogens is 251 g/mol. The molecule has 19 heavy (non-hydrogen) atoms. The fraction of sp³-hybridized carbons (Fsp3) is 0.462. The molecule has 1 heterocycles. The lowest BCUT2D eigenvalue weighted by molar-refractivity contribution is -0.108. The van der Waals surface area contributed by atoms with E-state index >= 15 is 0 Å². The van der Waals surface area contributed by atoms with Gasteiger partial charge in [0.25, 0.3) is 0 Å². The number of aldehydes is 1. The van der Waals surface area contributed by atoms with E-state index in [9.17, 15) is 14.0 Å². The molecule has 0 aliphatic carbocycles. The Morgan fingerprint density at radius 3 is 2.68 bits per heavy atom. The SMILES string of the molecule is CC(C)(C)OC(=O)N[C@H](CC=O)c1ccc(F)nc1. The van der Waals surface area contributed by atoms with Gasteiger partial charge in [-0.1, -0.05) is 6.07 Å². The Kier molecular flexibility index (Phi) is 4.97. The van der Waals surface area contributed by atoms with Crippen molar-refractivity contribution < 1.29 is 18.7 Å². The van der Waals surface area contributed by atoms with Crippen molar-refractivity contribution in [1.29, 1.82) is 0 Å². The molecule has 1 aromatic rings. The van der Waals surface area contributed by atoms with E-state index in [1.807, 2.05) is 0 Å². The molecule has 6 heteroatoms. The van der Waals surface area contributed by atoms with Crippen LogP contribution in [0.15, 0.2) is 18.3 Å². The monoisotopic (exact) mass is 268 g/mol. The zero-order valence-electron chi connectivity index (χ0n) is 11.1. The van der Waals surface area contributed by atoms with Crippen LogP contribution in [0.4, 0.5) is 9.18 Å². The number of aromatic nitrogens is 1. The Labute approximate surface area is 111 Å². The largest absolute Gasteiger partial charge is 0.444 e. The minimum atomic E-state index is -0.635. The van der Waals surface area contributed by atoms with E-state index in [1.54, 1.807) is 20.8 Å². The summed E-state index contributed by atoms with van der Waals surface area (Å²) < 4.78 is 17.8. The molecule has 1 atom stereocenters. The number of pyridine rings is 1. The standard InChI is InChI=1S/C13H17FN2O3/c1-13(2,3)19-12(18)16-10(6-7-17)9-4-5-11(14)15-8-9/h4-5,7-8,10H,6H2,1-3H3,(H,16,18)/t10-/m1/s1. The van der Waals surface area contributed by atoms with Crippen LogP contribution in [0.5, 0.6) is 0 Å². The van der Waals surface area contributed by atoms with Crippen LogP contribution < -0.4 is 5.32 Å². The summed E-state index contributed by atoms with van der Waals surface area (Å²) in [6.45, 7) is 5.21. The molecule has 1 aromatic heterocycles. The van der Waals surface area contributed by atoms with E-state index in [0.29, 0.717) is 11.8 Å². The summed E-state index contributed by atoms with van der Waals surface area (Å²) >= 11 is 0. The molecule has 0 aromatic carbocycles. The van der Waals surface area contributed by atoms with Gasteiger partial charge in [0.05, 0.1) is 6.04 Å². The molecule has 0 saturated carbocycles. The number of rotatable bonds is 4. The van der Waals surface area contributed by atoms with E-state index in [1.165, 1.54) is 18.3 Å². The van der Waals surface area contributed by atoms with Crippen molar-refractivity contribution in [3.05, 3.63) is 29.8 Å². The topological polar surface area (TPSA) is 68.3 Å². The molecule has 1 amide bonds. The number of nitrogens with zero attached hydrogens (tertiary/aromatic N) is 1. The van der Waals surface area contributed by atoms with Crippen LogP contribution in [0.2, 0.25) is 0 Å². The van der Waals surface area contributed by atoms with Crippen LogP contribution in [0, 0.1) is 5.95 Å². The highest BCUT2D eigenvalue weighted by Gasteiger charge is 2.20. The van der Waals surface area contributed by atoms with E-state index < -0.39 is 23.7 Å². The molecule has 0 bridgehead atoms. The number of halogens is 1. The third-order valence-corrected chi connectivity index (χ3v) is 2.18. The lowest BCUT2D eigenvalue weighted by Gasteiger charge is -2.22. The Morgan fingerprint density at radius 2 is 2.21 bits per heavy atom. The van der Waals surface area contributed by atoms with Crippen LogP contribution in [-0.2, 0) is 9.53 Å². The van der Waals surface area contributed by atoms with Crippen molar-refractivity contribution in [1.82, 2.24) is 10.3 Å². The lowest BCUT2D eigenvalue weighted by atomic mass is 10.1. The van der Waals surface area contributed by atoms with Crippen molar-refractivity contribution in [3.8, 4) is 0 Å². The minimum absolute atomic E-state index is 0.0621. The average Bonchev–Trinajstić information content (AvgIpc) is 2.27. The second-order valence-electron chi connectivity index (χ2n) is 5.02. The highest BCUT2D eigenvalue weighted by Crippen LogP contribution is 2.16. The van der Waals surface area contributed by atoms with Gasteiger partial charge >= 0.3 is 6.09 Å². The number of carbonyl (C=O) groups excluding carboxylic acids is 2. The first-order chi connectivity index (χ1) is 8.81. The van der Waals surface area contributed by atoms with E-state index in [4.69, 9.17) is 4.74 Å². The van der Waals surface area contributed by atoms with Crippen molar-refractivity contribution >= 4 is 12.4 Å². The normalized spacial score (nSPS) is 12.6. The highest BCUT2D eigenvalue weighted by atomic mass is 19.1. The Morgan fingerprint density at radius 1 is 1.53 bits per heavy atom. The van der Waals surface area contributed by atoms with Crippen molar-refractivity contribution in [2.24, 2.45) is 0 Å². The molecule has 1 rings (SSSR count). The van der Waals surface area contributed by atoms with Gasteiger partial charge in [-0.25, -0.2) is 9.78 Å².